The lowest BCUT2D eigenvalue weighted by Gasteiger charge is -1.95. The van der Waals surface area contributed by atoms with Crippen LogP contribution in [0.5, 0.6) is 0 Å². The first kappa shape index (κ1) is 7.03. The molecule has 60 valence electrons. The van der Waals surface area contributed by atoms with Gasteiger partial charge in [0.1, 0.15) is 6.33 Å². The minimum atomic E-state index is 0.871. The van der Waals surface area contributed by atoms with Crippen LogP contribution in [0.3, 0.4) is 0 Å². The van der Waals surface area contributed by atoms with Crippen LogP contribution >= 0.6 is 0 Å². The minimum Gasteiger partial charge on any atom is -0.221 e. The van der Waals surface area contributed by atoms with Crippen LogP contribution in [0.15, 0.2) is 37.3 Å². The summed E-state index contributed by atoms with van der Waals surface area (Å²) in [6.45, 7) is 3.68. The van der Waals surface area contributed by atoms with Crippen LogP contribution in [0.25, 0.3) is 5.65 Å². The monoisotopic (exact) mass is 159 g/mol. The van der Waals surface area contributed by atoms with E-state index in [9.17, 15) is 0 Å². The number of rotatable bonds is 2. The molecule has 0 aliphatic heterocycles. The van der Waals surface area contributed by atoms with Crippen molar-refractivity contribution < 1.29 is 0 Å². The number of nitrogens with zero attached hydrogens (tertiary/aromatic N) is 3. The average Bonchev–Trinajstić information content (AvgIpc) is 2.51. The number of pyridine rings is 1. The molecule has 0 unspecified atom stereocenters. The molecule has 0 bridgehead atoms. The highest BCUT2D eigenvalue weighted by atomic mass is 15.3. The van der Waals surface area contributed by atoms with Crippen LogP contribution in [0.1, 0.15) is 5.56 Å². The van der Waals surface area contributed by atoms with Gasteiger partial charge in [0.15, 0.2) is 5.65 Å². The molecule has 0 amide bonds. The van der Waals surface area contributed by atoms with Crippen molar-refractivity contribution in [1.82, 2.24) is 14.6 Å². The molecule has 0 aliphatic carbocycles. The van der Waals surface area contributed by atoms with E-state index in [2.05, 4.69) is 16.7 Å². The van der Waals surface area contributed by atoms with Gasteiger partial charge in [-0.1, -0.05) is 12.1 Å². The predicted molar refractivity (Wildman–Crippen MR) is 46.9 cm³/mol. The molecule has 0 aliphatic rings. The molecule has 12 heavy (non-hydrogen) atoms. The normalized spacial score (nSPS) is 10.3. The van der Waals surface area contributed by atoms with Gasteiger partial charge in [-0.25, -0.2) is 9.50 Å². The Labute approximate surface area is 70.4 Å². The van der Waals surface area contributed by atoms with Crippen LogP contribution in [-0.4, -0.2) is 14.6 Å². The maximum Gasteiger partial charge on any atom is 0.155 e. The lowest BCUT2D eigenvalue weighted by molar-refractivity contribution is 0.945. The highest BCUT2D eigenvalue weighted by Gasteiger charge is 1.94. The number of hydrogen-bond donors (Lipinski definition) is 0. The minimum absolute atomic E-state index is 0.871. The molecule has 0 aromatic carbocycles. The molecular weight excluding hydrogens is 150 g/mol. The summed E-state index contributed by atoms with van der Waals surface area (Å²) in [6, 6.07) is 3.98. The van der Waals surface area contributed by atoms with Crippen LogP contribution < -0.4 is 0 Å². The van der Waals surface area contributed by atoms with Gasteiger partial charge in [0.25, 0.3) is 0 Å². The maximum atomic E-state index is 4.05. The van der Waals surface area contributed by atoms with Crippen molar-refractivity contribution in [3.05, 3.63) is 42.9 Å². The van der Waals surface area contributed by atoms with E-state index >= 15 is 0 Å². The lowest BCUT2D eigenvalue weighted by Crippen LogP contribution is -1.90. The van der Waals surface area contributed by atoms with Gasteiger partial charge >= 0.3 is 0 Å². The second-order valence-corrected chi connectivity index (χ2v) is 2.59. The highest BCUT2D eigenvalue weighted by molar-refractivity contribution is 5.37. The van der Waals surface area contributed by atoms with Crippen LogP contribution in [0.4, 0.5) is 0 Å². The van der Waals surface area contributed by atoms with Gasteiger partial charge in [-0.05, 0) is 18.1 Å². The Morgan fingerprint density at radius 1 is 1.50 bits per heavy atom. The Morgan fingerprint density at radius 2 is 2.42 bits per heavy atom. The van der Waals surface area contributed by atoms with Gasteiger partial charge < -0.3 is 0 Å². The second-order valence-electron chi connectivity index (χ2n) is 2.59. The first-order valence-electron chi connectivity index (χ1n) is 3.79. The van der Waals surface area contributed by atoms with Crippen molar-refractivity contribution in [2.45, 2.75) is 6.42 Å². The Hall–Kier alpha value is -1.64. The fraction of sp³-hybridized carbons (Fsp3) is 0.111. The van der Waals surface area contributed by atoms with E-state index in [0.717, 1.165) is 12.1 Å². The van der Waals surface area contributed by atoms with Gasteiger partial charge in [-0.2, -0.15) is 5.10 Å². The van der Waals surface area contributed by atoms with Crippen molar-refractivity contribution in [1.29, 1.82) is 0 Å². The SMILES string of the molecule is C=CCc1ccc2ncnn2c1. The van der Waals surface area contributed by atoms with Gasteiger partial charge in [0.2, 0.25) is 0 Å². The molecule has 3 nitrogen and oxygen atoms in total. The molecule has 0 saturated heterocycles. The summed E-state index contributed by atoms with van der Waals surface area (Å²) < 4.78 is 1.76. The van der Waals surface area contributed by atoms with E-state index in [1.165, 1.54) is 5.56 Å². The maximum absolute atomic E-state index is 4.05. The first-order chi connectivity index (χ1) is 5.90. The molecule has 3 heteroatoms. The molecule has 0 radical (unpaired) electrons. The third kappa shape index (κ3) is 1.09. The zero-order valence-electron chi connectivity index (χ0n) is 6.64. The van der Waals surface area contributed by atoms with Crippen molar-refractivity contribution >= 4 is 5.65 Å². The fourth-order valence-corrected chi connectivity index (χ4v) is 1.15. The Balaban J connectivity index is 2.52. The summed E-state index contributed by atoms with van der Waals surface area (Å²) in [5.41, 5.74) is 2.07. The molecule has 0 spiro atoms. The standard InChI is InChI=1S/C9H9N3/c1-2-3-8-4-5-9-10-7-11-12(9)6-8/h2,4-7H,1,3H2. The van der Waals surface area contributed by atoms with Gasteiger partial charge in [0.05, 0.1) is 0 Å². The average molecular weight is 159 g/mol. The number of aromatic nitrogens is 3. The fourth-order valence-electron chi connectivity index (χ4n) is 1.15. The number of allylic oxidation sites excluding steroid dienone is 1. The van der Waals surface area contributed by atoms with Crippen LogP contribution in [0.2, 0.25) is 0 Å². The summed E-state index contributed by atoms with van der Waals surface area (Å²) in [7, 11) is 0. The molecular formula is C9H9N3. The molecule has 2 rings (SSSR count). The number of fused-ring (bicyclic) bond motifs is 1. The van der Waals surface area contributed by atoms with Crippen LogP contribution in [0, 0.1) is 0 Å². The van der Waals surface area contributed by atoms with E-state index < -0.39 is 0 Å². The summed E-state index contributed by atoms with van der Waals surface area (Å²) >= 11 is 0. The smallest absolute Gasteiger partial charge is 0.155 e. The topological polar surface area (TPSA) is 30.2 Å². The molecule has 0 atom stereocenters. The number of hydrogen-bond acceptors (Lipinski definition) is 2. The molecule has 2 aromatic heterocycles. The Morgan fingerprint density at radius 3 is 3.25 bits per heavy atom. The van der Waals surface area contributed by atoms with Crippen molar-refractivity contribution in [2.24, 2.45) is 0 Å². The second kappa shape index (κ2) is 2.77. The van der Waals surface area contributed by atoms with Crippen molar-refractivity contribution in [3.8, 4) is 0 Å². The molecule has 0 fully saturated rings. The Kier molecular flexibility index (Phi) is 1.63. The first-order valence-corrected chi connectivity index (χ1v) is 3.79. The van der Waals surface area contributed by atoms with E-state index in [4.69, 9.17) is 0 Å². The van der Waals surface area contributed by atoms with Gasteiger partial charge in [-0.15, -0.1) is 6.58 Å². The molecule has 2 aromatic rings. The van der Waals surface area contributed by atoms with Gasteiger partial charge in [-0.3, -0.25) is 0 Å². The van der Waals surface area contributed by atoms with E-state index in [1.54, 1.807) is 10.8 Å². The quantitative estimate of drug-likeness (QED) is 0.621. The molecule has 0 saturated carbocycles. The molecule has 2 heterocycles. The van der Waals surface area contributed by atoms with Crippen molar-refractivity contribution in [2.75, 3.05) is 0 Å². The highest BCUT2D eigenvalue weighted by Crippen LogP contribution is 2.03. The summed E-state index contributed by atoms with van der Waals surface area (Å²) in [4.78, 5) is 4.05. The van der Waals surface area contributed by atoms with Crippen molar-refractivity contribution in [3.63, 3.8) is 0 Å². The third-order valence-corrected chi connectivity index (χ3v) is 1.72. The van der Waals surface area contributed by atoms with E-state index in [1.807, 2.05) is 24.4 Å². The predicted octanol–water partition coefficient (Wildman–Crippen LogP) is 1.46. The summed E-state index contributed by atoms with van der Waals surface area (Å²) in [5, 5.41) is 4.03. The lowest BCUT2D eigenvalue weighted by atomic mass is 10.2. The zero-order chi connectivity index (χ0) is 8.39. The summed E-state index contributed by atoms with van der Waals surface area (Å²) in [5.74, 6) is 0. The van der Waals surface area contributed by atoms with E-state index in [0.29, 0.717) is 0 Å². The zero-order valence-corrected chi connectivity index (χ0v) is 6.64. The van der Waals surface area contributed by atoms with E-state index in [-0.39, 0.29) is 0 Å². The third-order valence-electron chi connectivity index (χ3n) is 1.72. The van der Waals surface area contributed by atoms with Crippen LogP contribution in [-0.2, 0) is 6.42 Å². The summed E-state index contributed by atoms with van der Waals surface area (Å²) in [6.07, 6.45) is 6.25. The molecule has 0 N–H and O–H groups in total. The van der Waals surface area contributed by atoms with Gasteiger partial charge in [0, 0.05) is 6.20 Å². The largest absolute Gasteiger partial charge is 0.221 e. The Bertz CT molecular complexity index is 403.